The van der Waals surface area contributed by atoms with Gasteiger partial charge in [-0.25, -0.2) is 0 Å². The molecule has 25 heavy (non-hydrogen) atoms. The number of hydrogen-bond donors (Lipinski definition) is 2. The Balaban J connectivity index is 2.30. The number of amides is 1. The molecule has 0 aliphatic heterocycles. The molecule has 0 saturated carbocycles. The summed E-state index contributed by atoms with van der Waals surface area (Å²) in [7, 11) is 0. The third-order valence-corrected chi connectivity index (χ3v) is 3.95. The minimum Gasteiger partial charge on any atom is -0.361 e. The standard InChI is InChI=1S/C19H18Cl2N2O2/c1-2-11-22-19(25)16(12-23-14-9-7-13(20)8-10-14)18(24)15-5-3-4-6-17(15)21/h3-10,12,23H,2,11H2,1H3,(H,22,25). The van der Waals surface area contributed by atoms with Crippen molar-refractivity contribution in [3.05, 3.63) is 75.9 Å². The second-order valence-corrected chi connectivity index (χ2v) is 6.12. The van der Waals surface area contributed by atoms with Gasteiger partial charge in [0.25, 0.3) is 5.91 Å². The van der Waals surface area contributed by atoms with E-state index >= 15 is 0 Å². The van der Waals surface area contributed by atoms with Crippen LogP contribution in [0, 0.1) is 0 Å². The van der Waals surface area contributed by atoms with Gasteiger partial charge < -0.3 is 10.6 Å². The highest BCUT2D eigenvalue weighted by Crippen LogP contribution is 2.20. The summed E-state index contributed by atoms with van der Waals surface area (Å²) < 4.78 is 0. The predicted molar refractivity (Wildman–Crippen MR) is 102 cm³/mol. The third kappa shape index (κ3) is 5.34. The fraction of sp³-hybridized carbons (Fsp3) is 0.158. The van der Waals surface area contributed by atoms with Crippen LogP contribution in [0.1, 0.15) is 23.7 Å². The topological polar surface area (TPSA) is 58.2 Å². The van der Waals surface area contributed by atoms with Crippen LogP contribution in [0.15, 0.2) is 60.3 Å². The summed E-state index contributed by atoms with van der Waals surface area (Å²) in [5.74, 6) is -0.895. The van der Waals surface area contributed by atoms with E-state index in [1.807, 2.05) is 6.92 Å². The first-order valence-corrected chi connectivity index (χ1v) is 8.58. The van der Waals surface area contributed by atoms with Crippen LogP contribution in [0.4, 0.5) is 5.69 Å². The average Bonchev–Trinajstić information content (AvgIpc) is 2.61. The Morgan fingerprint density at radius 3 is 2.36 bits per heavy atom. The van der Waals surface area contributed by atoms with Crippen molar-refractivity contribution in [2.24, 2.45) is 0 Å². The number of carbonyl (C=O) groups is 2. The molecule has 2 N–H and O–H groups in total. The molecule has 2 rings (SSSR count). The molecule has 0 fully saturated rings. The SMILES string of the molecule is CCCNC(=O)C(=CNc1ccc(Cl)cc1)C(=O)c1ccccc1Cl. The summed E-state index contributed by atoms with van der Waals surface area (Å²) in [4.78, 5) is 25.2. The van der Waals surface area contributed by atoms with Gasteiger partial charge in [-0.3, -0.25) is 9.59 Å². The quantitative estimate of drug-likeness (QED) is 0.318. The van der Waals surface area contributed by atoms with Crippen molar-refractivity contribution in [1.82, 2.24) is 5.32 Å². The van der Waals surface area contributed by atoms with Crippen LogP contribution < -0.4 is 10.6 Å². The van der Waals surface area contributed by atoms with Gasteiger partial charge in [0, 0.05) is 29.0 Å². The second kappa shape index (κ2) is 9.25. The number of carbonyl (C=O) groups excluding carboxylic acids is 2. The lowest BCUT2D eigenvalue weighted by molar-refractivity contribution is -0.117. The number of benzene rings is 2. The van der Waals surface area contributed by atoms with E-state index in [0.29, 0.717) is 22.3 Å². The number of halogens is 2. The minimum atomic E-state index is -0.451. The van der Waals surface area contributed by atoms with Crippen LogP contribution in [0.5, 0.6) is 0 Å². The molecule has 0 bridgehead atoms. The fourth-order valence-electron chi connectivity index (χ4n) is 2.06. The van der Waals surface area contributed by atoms with Crippen LogP contribution in [-0.2, 0) is 4.79 Å². The summed E-state index contributed by atoms with van der Waals surface area (Å²) in [6.07, 6.45) is 2.16. The number of anilines is 1. The van der Waals surface area contributed by atoms with Gasteiger partial charge in [-0.05, 0) is 42.8 Å². The van der Waals surface area contributed by atoms with Crippen molar-refractivity contribution in [2.45, 2.75) is 13.3 Å². The van der Waals surface area contributed by atoms with Gasteiger partial charge >= 0.3 is 0 Å². The normalized spacial score (nSPS) is 11.1. The van der Waals surface area contributed by atoms with Gasteiger partial charge in [0.1, 0.15) is 5.57 Å². The number of nitrogens with one attached hydrogen (secondary N) is 2. The molecule has 1 amide bonds. The molecular weight excluding hydrogens is 359 g/mol. The zero-order valence-electron chi connectivity index (χ0n) is 13.7. The van der Waals surface area contributed by atoms with Gasteiger partial charge in [0.15, 0.2) is 0 Å². The number of Topliss-reactive ketones (excluding diaryl/α,β-unsaturated/α-hetero) is 1. The van der Waals surface area contributed by atoms with E-state index in [0.717, 1.165) is 6.42 Å². The third-order valence-electron chi connectivity index (χ3n) is 3.37. The maximum Gasteiger partial charge on any atom is 0.256 e. The highest BCUT2D eigenvalue weighted by molar-refractivity contribution is 6.37. The van der Waals surface area contributed by atoms with Crippen LogP contribution in [-0.4, -0.2) is 18.2 Å². The Morgan fingerprint density at radius 2 is 1.72 bits per heavy atom. The smallest absolute Gasteiger partial charge is 0.256 e. The summed E-state index contributed by atoms with van der Waals surface area (Å²) in [5.41, 5.74) is 0.966. The molecule has 0 atom stereocenters. The molecule has 2 aromatic carbocycles. The van der Waals surface area contributed by atoms with Crippen molar-refractivity contribution < 1.29 is 9.59 Å². The number of hydrogen-bond acceptors (Lipinski definition) is 3. The lowest BCUT2D eigenvalue weighted by Gasteiger charge is -2.10. The van der Waals surface area contributed by atoms with Gasteiger partial charge in [-0.2, -0.15) is 0 Å². The number of rotatable bonds is 7. The average molecular weight is 377 g/mol. The molecule has 0 unspecified atom stereocenters. The van der Waals surface area contributed by atoms with Crippen LogP contribution in [0.25, 0.3) is 0 Å². The molecule has 0 aliphatic carbocycles. The Labute approximate surface area is 156 Å². The molecule has 6 heteroatoms. The van der Waals surface area contributed by atoms with E-state index in [4.69, 9.17) is 23.2 Å². The Morgan fingerprint density at radius 1 is 1.04 bits per heavy atom. The van der Waals surface area contributed by atoms with Crippen molar-refractivity contribution in [3.63, 3.8) is 0 Å². The fourth-order valence-corrected chi connectivity index (χ4v) is 2.41. The Bertz CT molecular complexity index is 786. The molecule has 0 spiro atoms. The Hall–Kier alpha value is -2.30. The number of ketones is 1. The molecule has 0 radical (unpaired) electrons. The van der Waals surface area contributed by atoms with Crippen LogP contribution >= 0.6 is 23.2 Å². The van der Waals surface area contributed by atoms with Gasteiger partial charge in [0.2, 0.25) is 5.78 Å². The predicted octanol–water partition coefficient (Wildman–Crippen LogP) is 4.70. The van der Waals surface area contributed by atoms with Gasteiger partial charge in [0.05, 0.1) is 5.02 Å². The first kappa shape index (κ1) is 19.0. The van der Waals surface area contributed by atoms with Crippen molar-refractivity contribution in [1.29, 1.82) is 0 Å². The maximum atomic E-state index is 12.8. The van der Waals surface area contributed by atoms with E-state index < -0.39 is 11.7 Å². The van der Waals surface area contributed by atoms with E-state index in [1.165, 1.54) is 6.20 Å². The maximum absolute atomic E-state index is 12.8. The minimum absolute atomic E-state index is 0.0171. The second-order valence-electron chi connectivity index (χ2n) is 5.27. The molecule has 0 aromatic heterocycles. The Kier molecular flexibility index (Phi) is 7.04. The first-order chi connectivity index (χ1) is 12.0. The van der Waals surface area contributed by atoms with Crippen molar-refractivity contribution in [2.75, 3.05) is 11.9 Å². The molecule has 0 aliphatic rings. The molecule has 2 aromatic rings. The highest BCUT2D eigenvalue weighted by Gasteiger charge is 2.21. The first-order valence-electron chi connectivity index (χ1n) is 7.82. The van der Waals surface area contributed by atoms with Crippen molar-refractivity contribution >= 4 is 40.6 Å². The monoisotopic (exact) mass is 376 g/mol. The largest absolute Gasteiger partial charge is 0.361 e. The van der Waals surface area contributed by atoms with Gasteiger partial charge in [-0.15, -0.1) is 0 Å². The molecule has 0 saturated heterocycles. The lowest BCUT2D eigenvalue weighted by Crippen LogP contribution is -2.29. The van der Waals surface area contributed by atoms with E-state index in [1.54, 1.807) is 48.5 Å². The molecule has 0 heterocycles. The zero-order chi connectivity index (χ0) is 18.2. The molecule has 130 valence electrons. The summed E-state index contributed by atoms with van der Waals surface area (Å²) in [6.45, 7) is 2.42. The lowest BCUT2D eigenvalue weighted by atomic mass is 10.0. The molecular formula is C19H18Cl2N2O2. The summed E-state index contributed by atoms with van der Waals surface area (Å²) >= 11 is 11.9. The van der Waals surface area contributed by atoms with E-state index in [2.05, 4.69) is 10.6 Å². The van der Waals surface area contributed by atoms with Crippen LogP contribution in [0.3, 0.4) is 0 Å². The van der Waals surface area contributed by atoms with E-state index in [-0.39, 0.29) is 11.1 Å². The summed E-state index contributed by atoms with van der Waals surface area (Å²) in [6, 6.07) is 13.6. The van der Waals surface area contributed by atoms with Crippen molar-refractivity contribution in [3.8, 4) is 0 Å². The highest BCUT2D eigenvalue weighted by atomic mass is 35.5. The summed E-state index contributed by atoms with van der Waals surface area (Å²) in [5, 5.41) is 6.57. The molecule has 4 nitrogen and oxygen atoms in total. The van der Waals surface area contributed by atoms with Gasteiger partial charge in [-0.1, -0.05) is 42.3 Å². The zero-order valence-corrected chi connectivity index (χ0v) is 15.2. The van der Waals surface area contributed by atoms with Crippen LogP contribution in [0.2, 0.25) is 10.0 Å². The van der Waals surface area contributed by atoms with E-state index in [9.17, 15) is 9.59 Å².